The first kappa shape index (κ1) is 12.3. The first-order valence-electron chi connectivity index (χ1n) is 5.30. The predicted molar refractivity (Wildman–Crippen MR) is 62.6 cm³/mol. The average Bonchev–Trinajstić information content (AvgIpc) is 2.25. The van der Waals surface area contributed by atoms with E-state index >= 15 is 0 Å². The van der Waals surface area contributed by atoms with E-state index in [1.54, 1.807) is 0 Å². The van der Waals surface area contributed by atoms with Crippen LogP contribution in [0.5, 0.6) is 5.88 Å². The van der Waals surface area contributed by atoms with Gasteiger partial charge in [0.15, 0.2) is 0 Å². The van der Waals surface area contributed by atoms with Gasteiger partial charge in [0, 0.05) is 26.1 Å². The molecule has 0 atom stereocenters. The Labute approximate surface area is 95.2 Å². The molecule has 1 aromatic heterocycles. The Kier molecular flexibility index (Phi) is 5.11. The molecule has 1 rings (SSSR count). The van der Waals surface area contributed by atoms with Gasteiger partial charge in [0.05, 0.1) is 6.61 Å². The van der Waals surface area contributed by atoms with Gasteiger partial charge in [-0.3, -0.25) is 4.79 Å². The van der Waals surface area contributed by atoms with Gasteiger partial charge in [-0.2, -0.15) is 4.98 Å². The summed E-state index contributed by atoms with van der Waals surface area (Å²) in [4.78, 5) is 14.9. The molecule has 0 unspecified atom stereocenters. The number of hydrogen-bond donors (Lipinski definition) is 2. The highest BCUT2D eigenvalue weighted by atomic mass is 16.5. The Morgan fingerprint density at radius 1 is 1.44 bits per heavy atom. The van der Waals surface area contributed by atoms with Gasteiger partial charge in [-0.05, 0) is 13.0 Å². The molecule has 0 saturated heterocycles. The molecule has 1 amide bonds. The number of hydrogen-bond acceptors (Lipinski definition) is 4. The van der Waals surface area contributed by atoms with Crippen molar-refractivity contribution in [2.45, 2.75) is 13.8 Å². The van der Waals surface area contributed by atoms with E-state index in [4.69, 9.17) is 4.74 Å². The summed E-state index contributed by atoms with van der Waals surface area (Å²) in [5.41, 5.74) is 0. The summed E-state index contributed by atoms with van der Waals surface area (Å²) in [5.74, 6) is 1.32. The fraction of sp³-hybridized carbons (Fsp3) is 0.455. The van der Waals surface area contributed by atoms with Crippen molar-refractivity contribution in [1.29, 1.82) is 0 Å². The van der Waals surface area contributed by atoms with E-state index in [1.165, 1.54) is 6.92 Å². The summed E-state index contributed by atoms with van der Waals surface area (Å²) in [5, 5.41) is 5.79. The molecule has 0 aliphatic carbocycles. The normalized spacial score (nSPS) is 9.62. The summed E-state index contributed by atoms with van der Waals surface area (Å²) in [6.07, 6.45) is 0. The standard InChI is InChI=1S/C11H17N3O2/c1-3-16-11-6-4-5-10(14-11)13-8-7-12-9(2)15/h4-6H,3,7-8H2,1-2H3,(H,12,15)(H,13,14). The number of ether oxygens (including phenoxy) is 1. The van der Waals surface area contributed by atoms with Crippen LogP contribution in [0, 0.1) is 0 Å². The maximum atomic E-state index is 10.6. The lowest BCUT2D eigenvalue weighted by molar-refractivity contribution is -0.118. The van der Waals surface area contributed by atoms with Crippen molar-refractivity contribution in [2.24, 2.45) is 0 Å². The second-order valence-electron chi connectivity index (χ2n) is 3.20. The molecule has 2 N–H and O–H groups in total. The third-order valence-corrected chi connectivity index (χ3v) is 1.82. The minimum atomic E-state index is -0.0298. The molecule has 0 aliphatic rings. The highest BCUT2D eigenvalue weighted by Gasteiger charge is 1.97. The lowest BCUT2D eigenvalue weighted by Gasteiger charge is -2.07. The lowest BCUT2D eigenvalue weighted by Crippen LogP contribution is -2.26. The number of carbonyl (C=O) groups is 1. The Hall–Kier alpha value is -1.78. The molecule has 88 valence electrons. The number of carbonyl (C=O) groups excluding carboxylic acids is 1. The van der Waals surface area contributed by atoms with E-state index in [9.17, 15) is 4.79 Å². The van der Waals surface area contributed by atoms with Crippen LogP contribution in [-0.4, -0.2) is 30.6 Å². The van der Waals surface area contributed by atoms with Gasteiger partial charge in [0.25, 0.3) is 0 Å². The van der Waals surface area contributed by atoms with Gasteiger partial charge in [0.1, 0.15) is 5.82 Å². The van der Waals surface area contributed by atoms with Gasteiger partial charge in [0.2, 0.25) is 11.8 Å². The number of anilines is 1. The predicted octanol–water partition coefficient (Wildman–Crippen LogP) is 1.03. The van der Waals surface area contributed by atoms with E-state index in [2.05, 4.69) is 15.6 Å². The Bertz CT molecular complexity index is 342. The highest BCUT2D eigenvalue weighted by molar-refractivity contribution is 5.72. The molecule has 1 aromatic rings. The monoisotopic (exact) mass is 223 g/mol. The minimum Gasteiger partial charge on any atom is -0.478 e. The van der Waals surface area contributed by atoms with Crippen LogP contribution in [-0.2, 0) is 4.79 Å². The first-order valence-corrected chi connectivity index (χ1v) is 5.30. The van der Waals surface area contributed by atoms with Gasteiger partial charge in [-0.15, -0.1) is 0 Å². The number of nitrogens with zero attached hydrogens (tertiary/aromatic N) is 1. The van der Waals surface area contributed by atoms with Crippen molar-refractivity contribution in [3.05, 3.63) is 18.2 Å². The molecule has 0 aliphatic heterocycles. The summed E-state index contributed by atoms with van der Waals surface area (Å²) >= 11 is 0. The van der Waals surface area contributed by atoms with Crippen LogP contribution in [0.1, 0.15) is 13.8 Å². The van der Waals surface area contributed by atoms with Crippen molar-refractivity contribution in [2.75, 3.05) is 25.0 Å². The van der Waals surface area contributed by atoms with Crippen LogP contribution in [0.4, 0.5) is 5.82 Å². The molecular formula is C11H17N3O2. The second-order valence-corrected chi connectivity index (χ2v) is 3.20. The smallest absolute Gasteiger partial charge is 0.216 e. The van der Waals surface area contributed by atoms with E-state index in [1.807, 2.05) is 25.1 Å². The van der Waals surface area contributed by atoms with Crippen molar-refractivity contribution in [1.82, 2.24) is 10.3 Å². The SMILES string of the molecule is CCOc1cccc(NCCNC(C)=O)n1. The highest BCUT2D eigenvalue weighted by Crippen LogP contribution is 2.10. The van der Waals surface area contributed by atoms with E-state index in [-0.39, 0.29) is 5.91 Å². The fourth-order valence-electron chi connectivity index (χ4n) is 1.17. The Morgan fingerprint density at radius 3 is 2.94 bits per heavy atom. The minimum absolute atomic E-state index is 0.0298. The summed E-state index contributed by atoms with van der Waals surface area (Å²) in [7, 11) is 0. The molecule has 16 heavy (non-hydrogen) atoms. The molecule has 0 saturated carbocycles. The fourth-order valence-corrected chi connectivity index (χ4v) is 1.17. The average molecular weight is 223 g/mol. The summed E-state index contributed by atoms with van der Waals surface area (Å²) in [6, 6.07) is 5.54. The zero-order valence-corrected chi connectivity index (χ0v) is 9.62. The van der Waals surface area contributed by atoms with Crippen LogP contribution in [0.25, 0.3) is 0 Å². The van der Waals surface area contributed by atoms with Crippen LogP contribution in [0.3, 0.4) is 0 Å². The van der Waals surface area contributed by atoms with Gasteiger partial charge in [-0.1, -0.05) is 6.07 Å². The number of nitrogens with one attached hydrogen (secondary N) is 2. The largest absolute Gasteiger partial charge is 0.478 e. The van der Waals surface area contributed by atoms with Crippen LogP contribution < -0.4 is 15.4 Å². The number of amides is 1. The van der Waals surface area contributed by atoms with Crippen LogP contribution in [0.15, 0.2) is 18.2 Å². The molecular weight excluding hydrogens is 206 g/mol. The molecule has 0 aromatic carbocycles. The van der Waals surface area contributed by atoms with E-state index < -0.39 is 0 Å². The molecule has 0 radical (unpaired) electrons. The molecule has 0 spiro atoms. The summed E-state index contributed by atoms with van der Waals surface area (Å²) in [6.45, 7) is 5.23. The molecule has 0 fully saturated rings. The van der Waals surface area contributed by atoms with Crippen molar-refractivity contribution in [3.63, 3.8) is 0 Å². The van der Waals surface area contributed by atoms with Gasteiger partial charge < -0.3 is 15.4 Å². The van der Waals surface area contributed by atoms with Gasteiger partial charge >= 0.3 is 0 Å². The second kappa shape index (κ2) is 6.66. The maximum Gasteiger partial charge on any atom is 0.216 e. The summed E-state index contributed by atoms with van der Waals surface area (Å²) < 4.78 is 5.27. The number of aromatic nitrogens is 1. The molecule has 5 nitrogen and oxygen atoms in total. The topological polar surface area (TPSA) is 63.2 Å². The number of rotatable bonds is 6. The van der Waals surface area contributed by atoms with Crippen LogP contribution >= 0.6 is 0 Å². The first-order chi connectivity index (χ1) is 7.72. The number of pyridine rings is 1. The molecule has 1 heterocycles. The van der Waals surface area contributed by atoms with Crippen LogP contribution in [0.2, 0.25) is 0 Å². The third-order valence-electron chi connectivity index (χ3n) is 1.82. The zero-order valence-electron chi connectivity index (χ0n) is 9.62. The quantitative estimate of drug-likeness (QED) is 0.707. The maximum absolute atomic E-state index is 10.6. The van der Waals surface area contributed by atoms with Crippen molar-refractivity contribution < 1.29 is 9.53 Å². The third kappa shape index (κ3) is 4.63. The molecule has 5 heteroatoms. The molecule has 0 bridgehead atoms. The lowest BCUT2D eigenvalue weighted by atomic mass is 10.4. The zero-order chi connectivity index (χ0) is 11.8. The van der Waals surface area contributed by atoms with Crippen molar-refractivity contribution >= 4 is 11.7 Å². The van der Waals surface area contributed by atoms with E-state index in [0.29, 0.717) is 25.6 Å². The Balaban J connectivity index is 2.35. The van der Waals surface area contributed by atoms with E-state index in [0.717, 1.165) is 5.82 Å². The van der Waals surface area contributed by atoms with Crippen molar-refractivity contribution in [3.8, 4) is 5.88 Å². The van der Waals surface area contributed by atoms with Gasteiger partial charge in [-0.25, -0.2) is 0 Å². The Morgan fingerprint density at radius 2 is 2.25 bits per heavy atom.